The molecule has 1 aromatic carbocycles. The third-order valence-electron chi connectivity index (χ3n) is 4.75. The Morgan fingerprint density at radius 2 is 1.70 bits per heavy atom. The van der Waals surface area contributed by atoms with Crippen molar-refractivity contribution in [1.82, 2.24) is 14.5 Å². The minimum absolute atomic E-state index is 0.236. The summed E-state index contributed by atoms with van der Waals surface area (Å²) in [6.07, 6.45) is 1.59. The van der Waals surface area contributed by atoms with Crippen molar-refractivity contribution in [1.29, 1.82) is 0 Å². The first kappa shape index (κ1) is 19.6. The zero-order valence-corrected chi connectivity index (χ0v) is 16.7. The number of sulfonamides is 1. The molecule has 2 aromatic rings. The van der Waals surface area contributed by atoms with Gasteiger partial charge in [-0.15, -0.1) is 10.2 Å². The molecule has 0 unspecified atom stereocenters. The smallest absolute Gasteiger partial charge is 0.214 e. The van der Waals surface area contributed by atoms with Crippen LogP contribution in [0.25, 0.3) is 11.3 Å². The van der Waals surface area contributed by atoms with Crippen LogP contribution in [0.15, 0.2) is 36.4 Å². The molecule has 0 N–H and O–H groups in total. The first-order valence-electron chi connectivity index (χ1n) is 9.24. The van der Waals surface area contributed by atoms with E-state index < -0.39 is 10.0 Å². The second kappa shape index (κ2) is 8.67. The summed E-state index contributed by atoms with van der Waals surface area (Å²) in [5.74, 6) is 1.81. The molecule has 1 aliphatic heterocycles. The van der Waals surface area contributed by atoms with Gasteiger partial charge in [-0.25, -0.2) is 8.42 Å². The maximum Gasteiger partial charge on any atom is 0.214 e. The van der Waals surface area contributed by atoms with E-state index >= 15 is 0 Å². The Bertz CT molecular complexity index is 830. The van der Waals surface area contributed by atoms with Gasteiger partial charge in [-0.2, -0.15) is 4.31 Å². The molecule has 0 bridgehead atoms. The van der Waals surface area contributed by atoms with Crippen LogP contribution in [-0.2, 0) is 10.0 Å². The number of methoxy groups -OCH3 is 1. The fourth-order valence-electron chi connectivity index (χ4n) is 3.06. The van der Waals surface area contributed by atoms with Crippen molar-refractivity contribution in [2.45, 2.75) is 19.8 Å². The summed E-state index contributed by atoms with van der Waals surface area (Å²) < 4.78 is 31.4. The molecule has 0 radical (unpaired) electrons. The number of unbranched alkanes of at least 4 members (excludes halogenated alkanes) is 1. The lowest BCUT2D eigenvalue weighted by atomic mass is 10.1. The number of hydrogen-bond acceptors (Lipinski definition) is 6. The molecule has 0 saturated carbocycles. The summed E-state index contributed by atoms with van der Waals surface area (Å²) in [4.78, 5) is 2.08. The van der Waals surface area contributed by atoms with Crippen molar-refractivity contribution in [3.8, 4) is 17.0 Å². The highest BCUT2D eigenvalue weighted by Crippen LogP contribution is 2.22. The lowest BCUT2D eigenvalue weighted by Crippen LogP contribution is -2.49. The second-order valence-corrected chi connectivity index (χ2v) is 8.65. The normalized spacial score (nSPS) is 15.7. The molecule has 2 heterocycles. The number of rotatable bonds is 7. The summed E-state index contributed by atoms with van der Waals surface area (Å²) in [6, 6.07) is 11.6. The first-order valence-corrected chi connectivity index (χ1v) is 10.9. The monoisotopic (exact) mass is 390 g/mol. The van der Waals surface area contributed by atoms with Crippen LogP contribution in [0.4, 0.5) is 5.82 Å². The number of piperazine rings is 1. The third kappa shape index (κ3) is 4.75. The van der Waals surface area contributed by atoms with Gasteiger partial charge in [-0.05, 0) is 42.8 Å². The predicted molar refractivity (Wildman–Crippen MR) is 107 cm³/mol. The number of ether oxygens (including phenoxy) is 1. The second-order valence-electron chi connectivity index (χ2n) is 6.56. The van der Waals surface area contributed by atoms with Gasteiger partial charge < -0.3 is 9.64 Å². The standard InChI is InChI=1S/C19H26N4O3S/c1-3-4-15-27(24,25)23-13-11-22(12-14-23)19-10-9-18(20-21-19)16-5-7-17(26-2)8-6-16/h5-10H,3-4,11-15H2,1-2H3. The van der Waals surface area contributed by atoms with Gasteiger partial charge in [0.05, 0.1) is 18.6 Å². The molecule has 0 atom stereocenters. The van der Waals surface area contributed by atoms with Gasteiger partial charge in [0.2, 0.25) is 10.0 Å². The van der Waals surface area contributed by atoms with E-state index in [0.717, 1.165) is 29.2 Å². The van der Waals surface area contributed by atoms with Crippen LogP contribution in [0.1, 0.15) is 19.8 Å². The lowest BCUT2D eigenvalue weighted by molar-refractivity contribution is 0.383. The number of aromatic nitrogens is 2. The largest absolute Gasteiger partial charge is 0.497 e. The number of nitrogens with zero attached hydrogens (tertiary/aromatic N) is 4. The van der Waals surface area contributed by atoms with Crippen LogP contribution in [0.3, 0.4) is 0 Å². The SMILES string of the molecule is CCCCS(=O)(=O)N1CCN(c2ccc(-c3ccc(OC)cc3)nn2)CC1. The zero-order valence-electron chi connectivity index (χ0n) is 15.8. The number of hydrogen-bond donors (Lipinski definition) is 0. The van der Waals surface area contributed by atoms with Gasteiger partial charge in [0, 0.05) is 31.7 Å². The maximum absolute atomic E-state index is 12.3. The molecule has 7 nitrogen and oxygen atoms in total. The highest BCUT2D eigenvalue weighted by molar-refractivity contribution is 7.89. The highest BCUT2D eigenvalue weighted by atomic mass is 32.2. The Morgan fingerprint density at radius 1 is 1.00 bits per heavy atom. The zero-order chi connectivity index (χ0) is 19.3. The van der Waals surface area contributed by atoms with Crippen LogP contribution in [0, 0.1) is 0 Å². The summed E-state index contributed by atoms with van der Waals surface area (Å²) in [5.41, 5.74) is 1.77. The molecular formula is C19H26N4O3S. The van der Waals surface area contributed by atoms with Crippen molar-refractivity contribution in [3.63, 3.8) is 0 Å². The van der Waals surface area contributed by atoms with Gasteiger partial charge in [-0.1, -0.05) is 13.3 Å². The van der Waals surface area contributed by atoms with Crippen LogP contribution >= 0.6 is 0 Å². The van der Waals surface area contributed by atoms with Crippen LogP contribution in [-0.4, -0.2) is 62.0 Å². The average molecular weight is 391 g/mol. The fraction of sp³-hybridized carbons (Fsp3) is 0.474. The van der Waals surface area contributed by atoms with Crippen molar-refractivity contribution >= 4 is 15.8 Å². The van der Waals surface area contributed by atoms with E-state index in [1.807, 2.05) is 43.3 Å². The van der Waals surface area contributed by atoms with Crippen LogP contribution < -0.4 is 9.64 Å². The van der Waals surface area contributed by atoms with Crippen molar-refractivity contribution in [3.05, 3.63) is 36.4 Å². The number of anilines is 1. The van der Waals surface area contributed by atoms with E-state index in [2.05, 4.69) is 15.1 Å². The molecule has 27 heavy (non-hydrogen) atoms. The Hall–Kier alpha value is -2.19. The lowest BCUT2D eigenvalue weighted by Gasteiger charge is -2.34. The Morgan fingerprint density at radius 3 is 2.26 bits per heavy atom. The van der Waals surface area contributed by atoms with E-state index in [-0.39, 0.29) is 5.75 Å². The molecule has 1 saturated heterocycles. The summed E-state index contributed by atoms with van der Waals surface area (Å²) in [6.45, 7) is 4.24. The minimum Gasteiger partial charge on any atom is -0.497 e. The molecule has 1 aromatic heterocycles. The minimum atomic E-state index is -3.14. The van der Waals surface area contributed by atoms with Crippen molar-refractivity contribution in [2.24, 2.45) is 0 Å². The van der Waals surface area contributed by atoms with Crippen LogP contribution in [0.2, 0.25) is 0 Å². The quantitative estimate of drug-likeness (QED) is 0.723. The summed E-state index contributed by atoms with van der Waals surface area (Å²) >= 11 is 0. The molecule has 146 valence electrons. The highest BCUT2D eigenvalue weighted by Gasteiger charge is 2.26. The molecule has 8 heteroatoms. The van der Waals surface area contributed by atoms with E-state index in [9.17, 15) is 8.42 Å². The summed E-state index contributed by atoms with van der Waals surface area (Å²) in [5, 5.41) is 8.66. The third-order valence-corrected chi connectivity index (χ3v) is 6.70. The molecule has 0 spiro atoms. The van der Waals surface area contributed by atoms with Gasteiger partial charge >= 0.3 is 0 Å². The average Bonchev–Trinajstić information content (AvgIpc) is 2.72. The Balaban J connectivity index is 1.61. The topological polar surface area (TPSA) is 75.6 Å². The first-order chi connectivity index (χ1) is 13.0. The fourth-order valence-corrected chi connectivity index (χ4v) is 4.69. The van der Waals surface area contributed by atoms with Gasteiger partial charge in [0.15, 0.2) is 5.82 Å². The molecule has 1 aliphatic rings. The van der Waals surface area contributed by atoms with Gasteiger partial charge in [-0.3, -0.25) is 0 Å². The molecule has 0 amide bonds. The molecule has 3 rings (SSSR count). The molecule has 1 fully saturated rings. The molecule has 0 aliphatic carbocycles. The Labute approximate surface area is 161 Å². The summed E-state index contributed by atoms with van der Waals surface area (Å²) in [7, 11) is -1.50. The van der Waals surface area contributed by atoms with E-state index in [4.69, 9.17) is 4.74 Å². The maximum atomic E-state index is 12.3. The predicted octanol–water partition coefficient (Wildman–Crippen LogP) is 2.40. The van der Waals surface area contributed by atoms with Gasteiger partial charge in [0.25, 0.3) is 0 Å². The van der Waals surface area contributed by atoms with Gasteiger partial charge in [0.1, 0.15) is 5.75 Å². The Kier molecular flexibility index (Phi) is 6.28. The number of benzene rings is 1. The van der Waals surface area contributed by atoms with Crippen molar-refractivity contribution in [2.75, 3.05) is 43.9 Å². The van der Waals surface area contributed by atoms with E-state index in [0.29, 0.717) is 32.6 Å². The van der Waals surface area contributed by atoms with Crippen molar-refractivity contribution < 1.29 is 13.2 Å². The van der Waals surface area contributed by atoms with Crippen LogP contribution in [0.5, 0.6) is 5.75 Å². The van der Waals surface area contributed by atoms with E-state index in [1.165, 1.54) is 0 Å². The van der Waals surface area contributed by atoms with E-state index in [1.54, 1.807) is 11.4 Å². The molecular weight excluding hydrogens is 364 g/mol.